The summed E-state index contributed by atoms with van der Waals surface area (Å²) in [6, 6.07) is 6.40. The molecule has 0 aliphatic heterocycles. The minimum Gasteiger partial charge on any atom is -0.508 e. The van der Waals surface area contributed by atoms with Crippen molar-refractivity contribution >= 4 is 28.9 Å². The van der Waals surface area contributed by atoms with Gasteiger partial charge in [0.2, 0.25) is 0 Å². The summed E-state index contributed by atoms with van der Waals surface area (Å²) in [5, 5.41) is 22.5. The van der Waals surface area contributed by atoms with Crippen molar-refractivity contribution in [2.45, 2.75) is 0 Å². The van der Waals surface area contributed by atoms with Crippen LogP contribution in [0, 0.1) is 15.9 Å². The van der Waals surface area contributed by atoms with Crippen molar-refractivity contribution in [1.82, 2.24) is 0 Å². The number of carbonyl (C=O) groups excluding carboxylic acids is 1. The summed E-state index contributed by atoms with van der Waals surface area (Å²) in [4.78, 5) is 22.1. The van der Waals surface area contributed by atoms with Crippen LogP contribution in [0.15, 0.2) is 36.4 Å². The molecule has 0 spiro atoms. The van der Waals surface area contributed by atoms with Crippen LogP contribution in [0.4, 0.5) is 15.8 Å². The van der Waals surface area contributed by atoms with Crippen molar-refractivity contribution < 1.29 is 19.2 Å². The summed E-state index contributed by atoms with van der Waals surface area (Å²) in [5.74, 6) is -1.83. The number of rotatable bonds is 3. The molecule has 0 heterocycles. The summed E-state index contributed by atoms with van der Waals surface area (Å²) in [5.41, 5.74) is -0.782. The first-order chi connectivity index (χ1) is 9.86. The number of halogens is 2. The molecule has 0 saturated carbocycles. The van der Waals surface area contributed by atoms with E-state index in [0.29, 0.717) is 0 Å². The molecule has 1 amide bonds. The molecule has 108 valence electrons. The number of nitro groups is 1. The van der Waals surface area contributed by atoms with Crippen LogP contribution in [0.3, 0.4) is 0 Å². The van der Waals surface area contributed by atoms with Crippen molar-refractivity contribution in [2.75, 3.05) is 5.32 Å². The van der Waals surface area contributed by atoms with Crippen LogP contribution in [0.1, 0.15) is 10.4 Å². The van der Waals surface area contributed by atoms with Gasteiger partial charge in [0.25, 0.3) is 11.6 Å². The number of hydrogen-bond acceptors (Lipinski definition) is 4. The Morgan fingerprint density at radius 3 is 2.62 bits per heavy atom. The van der Waals surface area contributed by atoms with E-state index in [2.05, 4.69) is 5.32 Å². The molecule has 21 heavy (non-hydrogen) atoms. The Bertz CT molecular complexity index is 716. The van der Waals surface area contributed by atoms with E-state index in [1.807, 2.05) is 0 Å². The van der Waals surface area contributed by atoms with E-state index >= 15 is 0 Å². The third kappa shape index (κ3) is 3.46. The van der Waals surface area contributed by atoms with Gasteiger partial charge in [-0.3, -0.25) is 14.9 Å². The molecule has 2 N–H and O–H groups in total. The molecular formula is C13H8ClFN2O4. The monoisotopic (exact) mass is 310 g/mol. The molecule has 0 aliphatic rings. The minimum absolute atomic E-state index is 0.0441. The third-order valence-corrected chi connectivity index (χ3v) is 2.76. The van der Waals surface area contributed by atoms with E-state index in [4.69, 9.17) is 11.6 Å². The van der Waals surface area contributed by atoms with E-state index in [0.717, 1.165) is 30.3 Å². The number of amides is 1. The number of phenols is 1. The van der Waals surface area contributed by atoms with Gasteiger partial charge < -0.3 is 10.4 Å². The zero-order chi connectivity index (χ0) is 15.6. The fourth-order valence-corrected chi connectivity index (χ4v) is 1.91. The second kappa shape index (κ2) is 5.76. The maximum Gasteiger partial charge on any atom is 0.282 e. The van der Waals surface area contributed by atoms with Crippen LogP contribution < -0.4 is 5.32 Å². The zero-order valence-corrected chi connectivity index (χ0v) is 11.1. The van der Waals surface area contributed by atoms with Gasteiger partial charge in [-0.15, -0.1) is 0 Å². The lowest BCUT2D eigenvalue weighted by Crippen LogP contribution is -2.14. The van der Waals surface area contributed by atoms with Crippen LogP contribution in [0.2, 0.25) is 5.02 Å². The molecule has 2 aromatic rings. The van der Waals surface area contributed by atoms with Gasteiger partial charge in [0, 0.05) is 16.8 Å². The Kier molecular flexibility index (Phi) is 4.04. The van der Waals surface area contributed by atoms with Crippen LogP contribution >= 0.6 is 11.6 Å². The number of aromatic hydroxyl groups is 1. The largest absolute Gasteiger partial charge is 0.508 e. The Morgan fingerprint density at radius 1 is 1.29 bits per heavy atom. The van der Waals surface area contributed by atoms with Crippen molar-refractivity contribution in [1.29, 1.82) is 0 Å². The summed E-state index contributed by atoms with van der Waals surface area (Å²) < 4.78 is 13.2. The average Bonchev–Trinajstić information content (AvgIpc) is 2.36. The second-order valence-electron chi connectivity index (χ2n) is 4.07. The molecule has 0 saturated heterocycles. The van der Waals surface area contributed by atoms with E-state index < -0.39 is 22.3 Å². The highest BCUT2D eigenvalue weighted by atomic mass is 35.5. The summed E-state index contributed by atoms with van der Waals surface area (Å²) >= 11 is 5.65. The van der Waals surface area contributed by atoms with Crippen LogP contribution in [0.25, 0.3) is 0 Å². The number of carbonyl (C=O) groups is 1. The second-order valence-corrected chi connectivity index (χ2v) is 4.51. The van der Waals surface area contributed by atoms with Gasteiger partial charge in [-0.25, -0.2) is 4.39 Å². The number of nitro benzene ring substituents is 1. The molecule has 2 aromatic carbocycles. The average molecular weight is 311 g/mol. The smallest absolute Gasteiger partial charge is 0.282 e. The topological polar surface area (TPSA) is 92.5 Å². The molecular weight excluding hydrogens is 303 g/mol. The fraction of sp³-hybridized carbons (Fsp3) is 0. The molecule has 8 heteroatoms. The van der Waals surface area contributed by atoms with Crippen molar-refractivity contribution in [3.8, 4) is 5.75 Å². The lowest BCUT2D eigenvalue weighted by Gasteiger charge is -2.07. The zero-order valence-electron chi connectivity index (χ0n) is 10.3. The molecule has 0 aromatic heterocycles. The normalized spacial score (nSPS) is 10.2. The van der Waals surface area contributed by atoms with Crippen LogP contribution in [0.5, 0.6) is 5.75 Å². The molecule has 0 atom stereocenters. The summed E-state index contributed by atoms with van der Waals surface area (Å²) in [6.07, 6.45) is 0. The van der Waals surface area contributed by atoms with Crippen molar-refractivity contribution in [3.05, 3.63) is 62.9 Å². The Labute approximate surface area is 122 Å². The minimum atomic E-state index is -0.862. The summed E-state index contributed by atoms with van der Waals surface area (Å²) in [7, 11) is 0. The van der Waals surface area contributed by atoms with Crippen molar-refractivity contribution in [3.63, 3.8) is 0 Å². The van der Waals surface area contributed by atoms with E-state index in [-0.39, 0.29) is 22.0 Å². The lowest BCUT2D eigenvalue weighted by molar-refractivity contribution is -0.385. The molecule has 0 radical (unpaired) electrons. The first-order valence-corrected chi connectivity index (χ1v) is 5.99. The predicted molar refractivity (Wildman–Crippen MR) is 74.1 cm³/mol. The molecule has 0 fully saturated rings. The maximum atomic E-state index is 13.2. The van der Waals surface area contributed by atoms with Crippen LogP contribution in [-0.4, -0.2) is 15.9 Å². The quantitative estimate of drug-likeness (QED) is 0.671. The van der Waals surface area contributed by atoms with Crippen molar-refractivity contribution in [2.24, 2.45) is 0 Å². The maximum absolute atomic E-state index is 13.2. The van der Waals surface area contributed by atoms with Gasteiger partial charge in [0.1, 0.15) is 17.1 Å². The summed E-state index contributed by atoms with van der Waals surface area (Å²) in [6.45, 7) is 0. The predicted octanol–water partition coefficient (Wildman–Crippen LogP) is 3.35. The van der Waals surface area contributed by atoms with E-state index in [1.165, 1.54) is 6.07 Å². The number of benzene rings is 2. The Balaban J connectivity index is 2.36. The molecule has 0 unspecified atom stereocenters. The Hall–Kier alpha value is -2.67. The number of hydrogen-bond donors (Lipinski definition) is 2. The van der Waals surface area contributed by atoms with Gasteiger partial charge in [-0.1, -0.05) is 11.6 Å². The number of nitrogens with zero attached hydrogens (tertiary/aromatic N) is 1. The first-order valence-electron chi connectivity index (χ1n) is 5.61. The lowest BCUT2D eigenvalue weighted by atomic mass is 10.1. The molecule has 2 rings (SSSR count). The first kappa shape index (κ1) is 14.7. The molecule has 0 bridgehead atoms. The number of phenolic OH excluding ortho intramolecular Hbond substituents is 1. The Morgan fingerprint density at radius 2 is 2.00 bits per heavy atom. The van der Waals surface area contributed by atoms with Gasteiger partial charge >= 0.3 is 0 Å². The van der Waals surface area contributed by atoms with Gasteiger partial charge in [0.15, 0.2) is 0 Å². The number of nitrogens with one attached hydrogen (secondary N) is 1. The third-order valence-electron chi connectivity index (χ3n) is 2.54. The fourth-order valence-electron chi connectivity index (χ4n) is 1.69. The van der Waals surface area contributed by atoms with E-state index in [9.17, 15) is 24.4 Å². The highest BCUT2D eigenvalue weighted by Crippen LogP contribution is 2.25. The standard InChI is InChI=1S/C13H8ClFN2O4/c14-7-3-8(15)5-9(4-7)16-13(19)11-6-10(18)1-2-12(11)17(20)21/h1-6,18H,(H,16,19). The van der Waals surface area contributed by atoms with E-state index in [1.54, 1.807) is 0 Å². The highest BCUT2D eigenvalue weighted by molar-refractivity contribution is 6.31. The van der Waals surface area contributed by atoms with Gasteiger partial charge in [-0.2, -0.15) is 0 Å². The van der Waals surface area contributed by atoms with Crippen LogP contribution in [-0.2, 0) is 0 Å². The van der Waals surface area contributed by atoms with Gasteiger partial charge in [0.05, 0.1) is 4.92 Å². The van der Waals surface area contributed by atoms with Gasteiger partial charge in [-0.05, 0) is 30.3 Å². The molecule has 6 nitrogen and oxygen atoms in total. The highest BCUT2D eigenvalue weighted by Gasteiger charge is 2.21. The SMILES string of the molecule is O=C(Nc1cc(F)cc(Cl)c1)c1cc(O)ccc1[N+](=O)[O-]. The number of anilines is 1. The molecule has 0 aliphatic carbocycles.